The van der Waals surface area contributed by atoms with Crippen molar-refractivity contribution >= 4 is 11.3 Å². The monoisotopic (exact) mass is 354 g/mol. The van der Waals surface area contributed by atoms with Gasteiger partial charge in [0.05, 0.1) is 11.4 Å². The molecule has 4 nitrogen and oxygen atoms in total. The van der Waals surface area contributed by atoms with Gasteiger partial charge in [0.1, 0.15) is 22.9 Å². The van der Waals surface area contributed by atoms with Crippen LogP contribution >= 0.6 is 0 Å². The minimum atomic E-state index is -0.287. The summed E-state index contributed by atoms with van der Waals surface area (Å²) >= 11 is 0. The van der Waals surface area contributed by atoms with Crippen LogP contribution in [0.3, 0.4) is 0 Å². The van der Waals surface area contributed by atoms with E-state index in [0.717, 1.165) is 17.8 Å². The number of hydrogen-bond acceptors (Lipinski definition) is 2. The predicted octanol–water partition coefficient (Wildman–Crippen LogP) is 4.87. The van der Waals surface area contributed by atoms with E-state index in [0.29, 0.717) is 16.9 Å². The fourth-order valence-electron chi connectivity index (χ4n) is 3.36. The van der Waals surface area contributed by atoms with Crippen LogP contribution in [0.1, 0.15) is 49.1 Å². The van der Waals surface area contributed by atoms with E-state index in [1.165, 1.54) is 18.2 Å². The lowest BCUT2D eigenvalue weighted by atomic mass is 10.2. The van der Waals surface area contributed by atoms with Crippen molar-refractivity contribution in [3.8, 4) is 0 Å². The third kappa shape index (κ3) is 2.66. The molecule has 1 aliphatic rings. The first-order valence-corrected chi connectivity index (χ1v) is 8.88. The lowest BCUT2D eigenvalue weighted by molar-refractivity contribution is 0.617. The molecule has 4 aromatic heterocycles. The van der Waals surface area contributed by atoms with E-state index in [1.54, 1.807) is 19.3 Å². The molecule has 4 aromatic rings. The molecule has 0 amide bonds. The number of imidazole rings is 2. The molecule has 0 aromatic carbocycles. The average Bonchev–Trinajstić information content (AvgIpc) is 3.14. The molecule has 1 fully saturated rings. The summed E-state index contributed by atoms with van der Waals surface area (Å²) in [5.74, 6) is 0.0318. The first-order chi connectivity index (χ1) is 12.6. The van der Waals surface area contributed by atoms with Gasteiger partial charge in [0, 0.05) is 48.3 Å². The minimum absolute atomic E-state index is 0.241. The Hall–Kier alpha value is -2.76. The number of nitrogens with zero attached hydrogens (tertiary/aromatic N) is 4. The lowest BCUT2D eigenvalue weighted by Crippen LogP contribution is -1.90. The van der Waals surface area contributed by atoms with Crippen molar-refractivity contribution in [2.45, 2.75) is 39.0 Å². The van der Waals surface area contributed by atoms with Gasteiger partial charge in [-0.15, -0.1) is 0 Å². The number of rotatable bonds is 2. The third-order valence-corrected chi connectivity index (χ3v) is 4.82. The van der Waals surface area contributed by atoms with Crippen molar-refractivity contribution < 1.29 is 8.78 Å². The summed E-state index contributed by atoms with van der Waals surface area (Å²) in [6.45, 7) is 5.74. The van der Waals surface area contributed by atoms with Gasteiger partial charge in [-0.25, -0.2) is 18.7 Å². The number of hydrogen-bond donors (Lipinski definition) is 0. The van der Waals surface area contributed by atoms with E-state index >= 15 is 0 Å². The molecule has 0 radical (unpaired) electrons. The Labute approximate surface area is 150 Å². The van der Waals surface area contributed by atoms with Crippen molar-refractivity contribution in [3.63, 3.8) is 0 Å². The molecule has 0 aliphatic heterocycles. The summed E-state index contributed by atoms with van der Waals surface area (Å²) in [5.41, 5.74) is 3.74. The van der Waals surface area contributed by atoms with Crippen molar-refractivity contribution in [1.29, 1.82) is 0 Å². The fourth-order valence-corrected chi connectivity index (χ4v) is 3.36. The van der Waals surface area contributed by atoms with E-state index in [9.17, 15) is 8.78 Å². The molecule has 1 aliphatic carbocycles. The highest BCUT2D eigenvalue weighted by Gasteiger charge is 2.43. The van der Waals surface area contributed by atoms with Gasteiger partial charge in [-0.2, -0.15) is 0 Å². The highest BCUT2D eigenvalue weighted by atomic mass is 19.1. The highest BCUT2D eigenvalue weighted by molar-refractivity contribution is 5.50. The van der Waals surface area contributed by atoms with Crippen LogP contribution in [-0.4, -0.2) is 18.8 Å². The summed E-state index contributed by atoms with van der Waals surface area (Å²) in [6.07, 6.45) is 8.23. The van der Waals surface area contributed by atoms with Gasteiger partial charge < -0.3 is 8.80 Å². The largest absolute Gasteiger partial charge is 0.307 e. The molecule has 0 saturated heterocycles. The van der Waals surface area contributed by atoms with Gasteiger partial charge in [-0.1, -0.05) is 13.8 Å². The van der Waals surface area contributed by atoms with E-state index in [4.69, 9.17) is 0 Å². The zero-order chi connectivity index (χ0) is 18.4. The zero-order valence-electron chi connectivity index (χ0n) is 14.9. The standard InChI is InChI=1S/C18H14F2N4.C2H6/c1-10-14(20)3-5-24-9-16(22-18(10)24)13-7-12(13)15-8-23-4-2-11(19)6-17(23)21-15;1-2/h2-6,8-9,12-13H,7H2,1H3;1-2H3. The van der Waals surface area contributed by atoms with Crippen LogP contribution in [0.15, 0.2) is 43.0 Å². The van der Waals surface area contributed by atoms with Crippen LogP contribution in [0, 0.1) is 18.6 Å². The van der Waals surface area contributed by atoms with Gasteiger partial charge in [0.15, 0.2) is 0 Å². The van der Waals surface area contributed by atoms with Crippen molar-refractivity contribution in [3.05, 3.63) is 71.6 Å². The highest BCUT2D eigenvalue weighted by Crippen LogP contribution is 2.53. The predicted molar refractivity (Wildman–Crippen MR) is 96.5 cm³/mol. The van der Waals surface area contributed by atoms with Crippen molar-refractivity contribution in [2.75, 3.05) is 0 Å². The summed E-state index contributed by atoms with van der Waals surface area (Å²) in [5, 5.41) is 0. The maximum Gasteiger partial charge on any atom is 0.142 e. The SMILES string of the molecule is CC.Cc1c(F)ccn2cc(C3CC3c3cn4ccc(F)cc4n3)nc12. The Morgan fingerprint density at radius 1 is 0.962 bits per heavy atom. The zero-order valence-corrected chi connectivity index (χ0v) is 14.9. The van der Waals surface area contributed by atoms with E-state index in [-0.39, 0.29) is 23.5 Å². The van der Waals surface area contributed by atoms with Crippen LogP contribution in [-0.2, 0) is 0 Å². The van der Waals surface area contributed by atoms with Gasteiger partial charge in [0.25, 0.3) is 0 Å². The maximum atomic E-state index is 13.7. The molecule has 6 heteroatoms. The summed E-state index contributed by atoms with van der Waals surface area (Å²) in [6, 6.07) is 4.30. The van der Waals surface area contributed by atoms with Crippen LogP contribution in [0.2, 0.25) is 0 Å². The van der Waals surface area contributed by atoms with E-state index in [2.05, 4.69) is 9.97 Å². The van der Waals surface area contributed by atoms with Crippen molar-refractivity contribution in [1.82, 2.24) is 18.8 Å². The Kier molecular flexibility index (Phi) is 3.98. The number of aromatic nitrogens is 4. The van der Waals surface area contributed by atoms with Crippen LogP contribution in [0.4, 0.5) is 8.78 Å². The number of aryl methyl sites for hydroxylation is 1. The third-order valence-electron chi connectivity index (χ3n) is 4.82. The van der Waals surface area contributed by atoms with Gasteiger partial charge in [-0.05, 0) is 25.5 Å². The first-order valence-electron chi connectivity index (χ1n) is 8.88. The molecule has 1 saturated carbocycles. The molecule has 0 spiro atoms. The van der Waals surface area contributed by atoms with Crippen LogP contribution < -0.4 is 0 Å². The normalized spacial score (nSPS) is 18.8. The first kappa shape index (κ1) is 16.7. The van der Waals surface area contributed by atoms with E-state index < -0.39 is 0 Å². The second-order valence-electron chi connectivity index (χ2n) is 6.41. The topological polar surface area (TPSA) is 34.6 Å². The molecule has 4 heterocycles. The smallest absolute Gasteiger partial charge is 0.142 e. The number of pyridine rings is 2. The summed E-state index contributed by atoms with van der Waals surface area (Å²) in [4.78, 5) is 9.13. The Balaban J connectivity index is 0.000000814. The second kappa shape index (κ2) is 6.20. The summed E-state index contributed by atoms with van der Waals surface area (Å²) < 4.78 is 30.7. The van der Waals surface area contributed by atoms with E-state index in [1.807, 2.05) is 35.0 Å². The average molecular weight is 354 g/mol. The molecule has 0 bridgehead atoms. The number of halogens is 2. The Bertz CT molecular complexity index is 1100. The Morgan fingerprint density at radius 2 is 1.62 bits per heavy atom. The van der Waals surface area contributed by atoms with Gasteiger partial charge in [-0.3, -0.25) is 0 Å². The molecule has 0 N–H and O–H groups in total. The van der Waals surface area contributed by atoms with Gasteiger partial charge in [0.2, 0.25) is 0 Å². The maximum absolute atomic E-state index is 13.7. The fraction of sp³-hybridized carbons (Fsp3) is 0.300. The van der Waals surface area contributed by atoms with Crippen molar-refractivity contribution in [2.24, 2.45) is 0 Å². The van der Waals surface area contributed by atoms with Crippen LogP contribution in [0.5, 0.6) is 0 Å². The second-order valence-corrected chi connectivity index (χ2v) is 6.41. The molecule has 26 heavy (non-hydrogen) atoms. The molecule has 2 unspecified atom stereocenters. The summed E-state index contributed by atoms with van der Waals surface area (Å²) in [7, 11) is 0. The molecular formula is C20H20F2N4. The van der Waals surface area contributed by atoms with Gasteiger partial charge >= 0.3 is 0 Å². The quantitative estimate of drug-likeness (QED) is 0.515. The molecular weight excluding hydrogens is 334 g/mol. The lowest BCUT2D eigenvalue weighted by Gasteiger charge is -1.97. The molecule has 5 rings (SSSR count). The minimum Gasteiger partial charge on any atom is -0.307 e. The molecule has 2 atom stereocenters. The number of fused-ring (bicyclic) bond motifs is 2. The van der Waals surface area contributed by atoms with Crippen LogP contribution in [0.25, 0.3) is 11.3 Å². The Morgan fingerprint density at radius 3 is 2.38 bits per heavy atom. The molecule has 134 valence electrons.